The molecule has 4 nitrogen and oxygen atoms in total. The lowest BCUT2D eigenvalue weighted by Gasteiger charge is -2.19. The molecule has 4 heteroatoms. The Kier molecular flexibility index (Phi) is 5.11. The van der Waals surface area contributed by atoms with Gasteiger partial charge in [-0.05, 0) is 31.9 Å². The first-order valence-electron chi connectivity index (χ1n) is 8.53. The number of amides is 1. The number of aryl methyl sites for hydroxylation is 2. The third-order valence-electron chi connectivity index (χ3n) is 4.45. The van der Waals surface area contributed by atoms with Crippen LogP contribution in [0.4, 0.5) is 0 Å². The highest BCUT2D eigenvalue weighted by Gasteiger charge is 2.17. The second kappa shape index (κ2) is 7.44. The summed E-state index contributed by atoms with van der Waals surface area (Å²) in [5, 5.41) is 0. The summed E-state index contributed by atoms with van der Waals surface area (Å²) in [5.74, 6) is 1.70. The topological polar surface area (TPSA) is 46.3 Å². The summed E-state index contributed by atoms with van der Waals surface area (Å²) in [5.41, 5.74) is 1.87. The van der Waals surface area contributed by atoms with E-state index in [0.717, 1.165) is 42.9 Å². The standard InChI is InChI=1S/C19H24N2O2/c1-15-17(20-19(23-15)16-9-5-4-6-10-16)11-12-18(22)21-13-7-2-3-8-14-21/h4-6,9-10H,2-3,7-8,11-14H2,1H3. The van der Waals surface area contributed by atoms with Gasteiger partial charge < -0.3 is 9.32 Å². The molecular formula is C19H24N2O2. The average Bonchev–Trinajstić information content (AvgIpc) is 2.78. The van der Waals surface area contributed by atoms with E-state index in [0.29, 0.717) is 18.7 Å². The van der Waals surface area contributed by atoms with E-state index in [4.69, 9.17) is 4.42 Å². The third-order valence-corrected chi connectivity index (χ3v) is 4.45. The Hall–Kier alpha value is -2.10. The van der Waals surface area contributed by atoms with Gasteiger partial charge in [-0.15, -0.1) is 0 Å². The van der Waals surface area contributed by atoms with E-state index in [1.54, 1.807) is 0 Å². The van der Waals surface area contributed by atoms with E-state index in [1.807, 2.05) is 42.2 Å². The SMILES string of the molecule is Cc1oc(-c2ccccc2)nc1CCC(=O)N1CCCCCC1. The first kappa shape index (κ1) is 15.8. The summed E-state index contributed by atoms with van der Waals surface area (Å²) in [6.07, 6.45) is 5.91. The van der Waals surface area contributed by atoms with Crippen LogP contribution in [0.25, 0.3) is 11.5 Å². The fraction of sp³-hybridized carbons (Fsp3) is 0.474. The lowest BCUT2D eigenvalue weighted by Crippen LogP contribution is -2.32. The maximum atomic E-state index is 12.4. The fourth-order valence-electron chi connectivity index (χ4n) is 3.07. The Morgan fingerprint density at radius 2 is 1.83 bits per heavy atom. The maximum Gasteiger partial charge on any atom is 0.226 e. The molecule has 0 saturated carbocycles. The quantitative estimate of drug-likeness (QED) is 0.857. The molecule has 3 rings (SSSR count). The van der Waals surface area contributed by atoms with Crippen LogP contribution in [0, 0.1) is 6.92 Å². The average molecular weight is 312 g/mol. The minimum absolute atomic E-state index is 0.246. The molecule has 1 saturated heterocycles. The van der Waals surface area contributed by atoms with Crippen LogP contribution in [-0.4, -0.2) is 28.9 Å². The van der Waals surface area contributed by atoms with Crippen LogP contribution in [0.1, 0.15) is 43.6 Å². The summed E-state index contributed by atoms with van der Waals surface area (Å²) in [6, 6.07) is 9.88. The fourth-order valence-corrected chi connectivity index (χ4v) is 3.07. The largest absolute Gasteiger partial charge is 0.441 e. The zero-order valence-electron chi connectivity index (χ0n) is 13.8. The van der Waals surface area contributed by atoms with Crippen molar-refractivity contribution in [1.29, 1.82) is 0 Å². The molecule has 122 valence electrons. The van der Waals surface area contributed by atoms with Crippen LogP contribution in [0.15, 0.2) is 34.7 Å². The maximum absolute atomic E-state index is 12.4. The molecule has 1 fully saturated rings. The molecule has 0 N–H and O–H groups in total. The van der Waals surface area contributed by atoms with Gasteiger partial charge in [-0.2, -0.15) is 0 Å². The summed E-state index contributed by atoms with van der Waals surface area (Å²) in [7, 11) is 0. The number of rotatable bonds is 4. The molecule has 0 spiro atoms. The number of hydrogen-bond acceptors (Lipinski definition) is 3. The van der Waals surface area contributed by atoms with Gasteiger partial charge in [0.1, 0.15) is 5.76 Å². The van der Waals surface area contributed by atoms with E-state index in [9.17, 15) is 4.79 Å². The number of carbonyl (C=O) groups is 1. The number of aromatic nitrogens is 1. The highest BCUT2D eigenvalue weighted by molar-refractivity contribution is 5.76. The molecule has 0 bridgehead atoms. The highest BCUT2D eigenvalue weighted by atomic mass is 16.4. The molecule has 2 aromatic rings. The second-order valence-electron chi connectivity index (χ2n) is 6.18. The minimum atomic E-state index is 0.246. The Balaban J connectivity index is 1.62. The van der Waals surface area contributed by atoms with Gasteiger partial charge in [0.2, 0.25) is 11.8 Å². The van der Waals surface area contributed by atoms with Crippen LogP contribution in [-0.2, 0) is 11.2 Å². The van der Waals surface area contributed by atoms with Gasteiger partial charge in [0.25, 0.3) is 0 Å². The number of oxazole rings is 1. The van der Waals surface area contributed by atoms with Gasteiger partial charge in [-0.1, -0.05) is 31.0 Å². The van der Waals surface area contributed by atoms with Crippen molar-refractivity contribution in [2.75, 3.05) is 13.1 Å². The van der Waals surface area contributed by atoms with Crippen LogP contribution in [0.2, 0.25) is 0 Å². The molecule has 0 atom stereocenters. The number of benzene rings is 1. The van der Waals surface area contributed by atoms with Gasteiger partial charge in [0, 0.05) is 31.5 Å². The van der Waals surface area contributed by atoms with Crippen molar-refractivity contribution in [2.45, 2.75) is 45.4 Å². The van der Waals surface area contributed by atoms with Gasteiger partial charge in [-0.3, -0.25) is 4.79 Å². The van der Waals surface area contributed by atoms with Crippen LogP contribution in [0.3, 0.4) is 0 Å². The molecule has 2 heterocycles. The number of hydrogen-bond donors (Lipinski definition) is 0. The molecule has 0 unspecified atom stereocenters. The highest BCUT2D eigenvalue weighted by Crippen LogP contribution is 2.22. The third kappa shape index (κ3) is 4.01. The molecule has 0 aliphatic carbocycles. The van der Waals surface area contributed by atoms with Crippen LogP contribution in [0.5, 0.6) is 0 Å². The zero-order chi connectivity index (χ0) is 16.1. The summed E-state index contributed by atoms with van der Waals surface area (Å²) < 4.78 is 5.76. The van der Waals surface area contributed by atoms with Gasteiger partial charge in [-0.25, -0.2) is 4.98 Å². The molecule has 1 aromatic heterocycles. The van der Waals surface area contributed by atoms with Crippen molar-refractivity contribution in [1.82, 2.24) is 9.88 Å². The zero-order valence-corrected chi connectivity index (χ0v) is 13.8. The number of nitrogens with zero attached hydrogens (tertiary/aromatic N) is 2. The summed E-state index contributed by atoms with van der Waals surface area (Å²) >= 11 is 0. The lowest BCUT2D eigenvalue weighted by molar-refractivity contribution is -0.131. The van der Waals surface area contributed by atoms with Crippen LogP contribution >= 0.6 is 0 Å². The predicted molar refractivity (Wildman–Crippen MR) is 90.0 cm³/mol. The van der Waals surface area contributed by atoms with Crippen molar-refractivity contribution < 1.29 is 9.21 Å². The summed E-state index contributed by atoms with van der Waals surface area (Å²) in [6.45, 7) is 3.74. The van der Waals surface area contributed by atoms with Crippen LogP contribution < -0.4 is 0 Å². The molecule has 1 amide bonds. The molecule has 1 aromatic carbocycles. The molecule has 0 radical (unpaired) electrons. The normalized spacial score (nSPS) is 15.4. The van der Waals surface area contributed by atoms with E-state index in [1.165, 1.54) is 12.8 Å². The predicted octanol–water partition coefficient (Wildman–Crippen LogP) is 3.99. The van der Waals surface area contributed by atoms with Crippen molar-refractivity contribution in [3.8, 4) is 11.5 Å². The van der Waals surface area contributed by atoms with Gasteiger partial charge in [0.15, 0.2) is 0 Å². The second-order valence-corrected chi connectivity index (χ2v) is 6.18. The van der Waals surface area contributed by atoms with E-state index in [2.05, 4.69) is 4.98 Å². The van der Waals surface area contributed by atoms with E-state index < -0.39 is 0 Å². The van der Waals surface area contributed by atoms with Gasteiger partial charge in [0.05, 0.1) is 5.69 Å². The Morgan fingerprint density at radius 3 is 2.52 bits per heavy atom. The molecular weight excluding hydrogens is 288 g/mol. The number of likely N-dealkylation sites (tertiary alicyclic amines) is 1. The Bertz CT molecular complexity index is 641. The molecule has 1 aliphatic rings. The minimum Gasteiger partial charge on any atom is -0.441 e. The Morgan fingerprint density at radius 1 is 1.13 bits per heavy atom. The smallest absolute Gasteiger partial charge is 0.226 e. The first-order chi connectivity index (χ1) is 11.2. The monoisotopic (exact) mass is 312 g/mol. The molecule has 1 aliphatic heterocycles. The van der Waals surface area contributed by atoms with E-state index >= 15 is 0 Å². The summed E-state index contributed by atoms with van der Waals surface area (Å²) in [4.78, 5) is 19.0. The van der Waals surface area contributed by atoms with Crippen molar-refractivity contribution in [3.63, 3.8) is 0 Å². The molecule has 23 heavy (non-hydrogen) atoms. The van der Waals surface area contributed by atoms with Gasteiger partial charge >= 0.3 is 0 Å². The lowest BCUT2D eigenvalue weighted by atomic mass is 10.2. The Labute approximate surface area is 137 Å². The van der Waals surface area contributed by atoms with Crippen molar-refractivity contribution in [3.05, 3.63) is 41.8 Å². The van der Waals surface area contributed by atoms with E-state index in [-0.39, 0.29) is 5.91 Å². The van der Waals surface area contributed by atoms with Crippen molar-refractivity contribution in [2.24, 2.45) is 0 Å². The first-order valence-corrected chi connectivity index (χ1v) is 8.53. The van der Waals surface area contributed by atoms with Crippen molar-refractivity contribution >= 4 is 5.91 Å². The number of carbonyl (C=O) groups excluding carboxylic acids is 1.